The number of methoxy groups -OCH3 is 1. The molecule has 0 rings (SSSR count). The number of esters is 1. The van der Waals surface area contributed by atoms with E-state index in [2.05, 4.69) is 0 Å². The van der Waals surface area contributed by atoms with Gasteiger partial charge in [-0.05, 0) is 12.8 Å². The third-order valence-electron chi connectivity index (χ3n) is 11.5. The van der Waals surface area contributed by atoms with Crippen LogP contribution in [0.15, 0.2) is 0 Å². The Balaban J connectivity index is 3.06. The standard InChI is InChI=1S/C48H94O4/c1-52-48(51)46-44-42-40-38-36-34-32-30-28-26-24-22-20-18-16-14-12-10-8-6-4-2-3-5-7-9-11-13-15-17-19-21-23-25-27-29-31-33-35-37-39-41-43-45-47(49)50/h2-46H2,1H3,(H,49,50). The highest BCUT2D eigenvalue weighted by molar-refractivity contribution is 5.69. The number of ether oxygens (including phenoxy) is 1. The van der Waals surface area contributed by atoms with Crippen molar-refractivity contribution in [2.75, 3.05) is 7.11 Å². The summed E-state index contributed by atoms with van der Waals surface area (Å²) in [6.45, 7) is 0. The lowest BCUT2D eigenvalue weighted by atomic mass is 10.0. The topological polar surface area (TPSA) is 63.6 Å². The van der Waals surface area contributed by atoms with Crippen LogP contribution in [0.1, 0.15) is 289 Å². The quantitative estimate of drug-likeness (QED) is 0.0499. The first-order valence-corrected chi connectivity index (χ1v) is 24.0. The first-order valence-electron chi connectivity index (χ1n) is 24.0. The Morgan fingerprint density at radius 1 is 0.269 bits per heavy atom. The van der Waals surface area contributed by atoms with Crippen LogP contribution < -0.4 is 0 Å². The van der Waals surface area contributed by atoms with Gasteiger partial charge in [0.2, 0.25) is 0 Å². The van der Waals surface area contributed by atoms with E-state index < -0.39 is 5.97 Å². The normalized spacial score (nSPS) is 11.4. The SMILES string of the molecule is COC(=O)CCCCCCCCCCCCCCCCCCCCCCCCCCCCCCCCCCCCCCCCCCCCCC(=O)O. The van der Waals surface area contributed by atoms with E-state index in [0.717, 1.165) is 19.3 Å². The highest BCUT2D eigenvalue weighted by Gasteiger charge is 2.01. The minimum absolute atomic E-state index is 0.0623. The third kappa shape index (κ3) is 47.0. The second-order valence-electron chi connectivity index (χ2n) is 16.7. The fourth-order valence-electron chi connectivity index (χ4n) is 7.90. The molecule has 52 heavy (non-hydrogen) atoms. The van der Waals surface area contributed by atoms with Crippen LogP contribution in [0.4, 0.5) is 0 Å². The Labute approximate surface area is 326 Å². The second kappa shape index (κ2) is 46.1. The minimum Gasteiger partial charge on any atom is -0.481 e. The van der Waals surface area contributed by atoms with Gasteiger partial charge < -0.3 is 9.84 Å². The molecule has 0 bridgehead atoms. The van der Waals surface area contributed by atoms with Gasteiger partial charge >= 0.3 is 11.9 Å². The molecule has 0 heterocycles. The van der Waals surface area contributed by atoms with Crippen LogP contribution in [0.2, 0.25) is 0 Å². The fraction of sp³-hybridized carbons (Fsp3) is 0.958. The first-order chi connectivity index (χ1) is 25.7. The first kappa shape index (κ1) is 50.9. The molecule has 0 radical (unpaired) electrons. The van der Waals surface area contributed by atoms with Crippen LogP contribution in [0.5, 0.6) is 0 Å². The zero-order valence-electron chi connectivity index (χ0n) is 35.5. The molecule has 0 aliphatic carbocycles. The summed E-state index contributed by atoms with van der Waals surface area (Å²) < 4.78 is 4.69. The molecule has 4 heteroatoms. The maximum absolute atomic E-state index is 11.1. The van der Waals surface area contributed by atoms with E-state index in [9.17, 15) is 9.59 Å². The summed E-state index contributed by atoms with van der Waals surface area (Å²) in [6, 6.07) is 0. The van der Waals surface area contributed by atoms with Gasteiger partial charge in [-0.15, -0.1) is 0 Å². The van der Waals surface area contributed by atoms with Crippen molar-refractivity contribution in [2.45, 2.75) is 289 Å². The number of aliphatic carboxylic acids is 1. The molecule has 0 aliphatic heterocycles. The van der Waals surface area contributed by atoms with Crippen LogP contribution in [-0.2, 0) is 14.3 Å². The monoisotopic (exact) mass is 735 g/mol. The van der Waals surface area contributed by atoms with E-state index >= 15 is 0 Å². The van der Waals surface area contributed by atoms with Crippen molar-refractivity contribution in [2.24, 2.45) is 0 Å². The average molecular weight is 735 g/mol. The summed E-state index contributed by atoms with van der Waals surface area (Å²) in [5, 5.41) is 8.66. The van der Waals surface area contributed by atoms with E-state index in [0.29, 0.717) is 12.8 Å². The summed E-state index contributed by atoms with van der Waals surface area (Å²) in [7, 11) is 1.48. The lowest BCUT2D eigenvalue weighted by molar-refractivity contribution is -0.141. The van der Waals surface area contributed by atoms with Crippen LogP contribution in [-0.4, -0.2) is 24.2 Å². The maximum Gasteiger partial charge on any atom is 0.305 e. The molecule has 0 saturated carbocycles. The lowest BCUT2D eigenvalue weighted by Crippen LogP contribution is -1.99. The number of carbonyl (C=O) groups is 2. The average Bonchev–Trinajstić information content (AvgIpc) is 3.14. The highest BCUT2D eigenvalue weighted by Crippen LogP contribution is 2.18. The number of rotatable bonds is 46. The van der Waals surface area contributed by atoms with Gasteiger partial charge in [0.05, 0.1) is 7.11 Å². The number of unbranched alkanes of at least 4 members (excludes halogenated alkanes) is 42. The van der Waals surface area contributed by atoms with Crippen molar-refractivity contribution >= 4 is 11.9 Å². The van der Waals surface area contributed by atoms with Gasteiger partial charge in [-0.2, -0.15) is 0 Å². The molecule has 0 atom stereocenters. The van der Waals surface area contributed by atoms with Crippen molar-refractivity contribution in [3.63, 3.8) is 0 Å². The van der Waals surface area contributed by atoms with Gasteiger partial charge in [-0.3, -0.25) is 9.59 Å². The number of carboxylic acids is 1. The summed E-state index contributed by atoms with van der Waals surface area (Å²) in [5.41, 5.74) is 0. The number of carboxylic acid groups (broad SMARTS) is 1. The molecule has 0 spiro atoms. The van der Waals surface area contributed by atoms with Gasteiger partial charge in [0.15, 0.2) is 0 Å². The van der Waals surface area contributed by atoms with E-state index in [1.54, 1.807) is 0 Å². The molecule has 0 aromatic carbocycles. The third-order valence-corrected chi connectivity index (χ3v) is 11.5. The maximum atomic E-state index is 11.1. The summed E-state index contributed by atoms with van der Waals surface area (Å²) in [4.78, 5) is 21.6. The van der Waals surface area contributed by atoms with Gasteiger partial charge in [0.25, 0.3) is 0 Å². The Bertz CT molecular complexity index is 692. The summed E-state index contributed by atoms with van der Waals surface area (Å²) >= 11 is 0. The van der Waals surface area contributed by atoms with Crippen LogP contribution in [0.25, 0.3) is 0 Å². The molecular formula is C48H94O4. The Morgan fingerprint density at radius 3 is 0.538 bits per heavy atom. The van der Waals surface area contributed by atoms with Crippen molar-refractivity contribution < 1.29 is 19.4 Å². The molecule has 0 aromatic heterocycles. The second-order valence-corrected chi connectivity index (χ2v) is 16.7. The van der Waals surface area contributed by atoms with Crippen molar-refractivity contribution in [1.29, 1.82) is 0 Å². The van der Waals surface area contributed by atoms with Crippen LogP contribution >= 0.6 is 0 Å². The molecule has 0 saturated heterocycles. The zero-order valence-corrected chi connectivity index (χ0v) is 35.5. The Hall–Kier alpha value is -1.06. The van der Waals surface area contributed by atoms with Gasteiger partial charge in [-0.25, -0.2) is 0 Å². The fourth-order valence-corrected chi connectivity index (χ4v) is 7.90. The predicted octanol–water partition coefficient (Wildman–Crippen LogP) is 16.8. The molecule has 0 unspecified atom stereocenters. The van der Waals surface area contributed by atoms with E-state index in [4.69, 9.17) is 9.84 Å². The lowest BCUT2D eigenvalue weighted by Gasteiger charge is -2.05. The van der Waals surface area contributed by atoms with Crippen LogP contribution in [0.3, 0.4) is 0 Å². The van der Waals surface area contributed by atoms with Crippen molar-refractivity contribution in [3.05, 3.63) is 0 Å². The molecule has 0 fully saturated rings. The van der Waals surface area contributed by atoms with Crippen LogP contribution in [0, 0.1) is 0 Å². The number of carbonyl (C=O) groups excluding carboxylic acids is 1. The summed E-state index contributed by atoms with van der Waals surface area (Å²) in [5.74, 6) is -0.712. The largest absolute Gasteiger partial charge is 0.481 e. The predicted molar refractivity (Wildman–Crippen MR) is 227 cm³/mol. The smallest absolute Gasteiger partial charge is 0.305 e. The summed E-state index contributed by atoms with van der Waals surface area (Å²) in [6.07, 6.45) is 60.6. The van der Waals surface area contributed by atoms with Crippen molar-refractivity contribution in [1.82, 2.24) is 0 Å². The van der Waals surface area contributed by atoms with Gasteiger partial charge in [0.1, 0.15) is 0 Å². The Kier molecular flexibility index (Phi) is 45.2. The highest BCUT2D eigenvalue weighted by atomic mass is 16.5. The molecule has 1 N–H and O–H groups in total. The minimum atomic E-state index is -0.649. The number of hydrogen-bond donors (Lipinski definition) is 1. The molecule has 310 valence electrons. The number of hydrogen-bond acceptors (Lipinski definition) is 3. The molecule has 0 aromatic rings. The van der Waals surface area contributed by atoms with E-state index in [-0.39, 0.29) is 5.97 Å². The van der Waals surface area contributed by atoms with Crippen molar-refractivity contribution in [3.8, 4) is 0 Å². The van der Waals surface area contributed by atoms with Gasteiger partial charge in [-0.1, -0.05) is 263 Å². The molecule has 0 aliphatic rings. The Morgan fingerprint density at radius 2 is 0.404 bits per heavy atom. The zero-order chi connectivity index (χ0) is 37.7. The van der Waals surface area contributed by atoms with E-state index in [1.165, 1.54) is 264 Å². The molecule has 4 nitrogen and oxygen atoms in total. The van der Waals surface area contributed by atoms with Gasteiger partial charge in [0, 0.05) is 12.8 Å². The molecular weight excluding hydrogens is 641 g/mol. The van der Waals surface area contributed by atoms with E-state index in [1.807, 2.05) is 0 Å². The molecule has 0 amide bonds.